The summed E-state index contributed by atoms with van der Waals surface area (Å²) in [5.74, 6) is 0.843. The largest absolute Gasteiger partial charge is 0.280 e. The Kier molecular flexibility index (Phi) is 4.35. The number of nitrogens with zero attached hydrogens (tertiary/aromatic N) is 3. The number of aromatic amines is 1. The molecule has 0 fully saturated rings. The van der Waals surface area contributed by atoms with E-state index in [1.54, 1.807) is 0 Å². The third kappa shape index (κ3) is 3.09. The fraction of sp³-hybridized carbons (Fsp3) is 0.333. The predicted molar refractivity (Wildman–Crippen MR) is 101 cm³/mol. The Hall–Kier alpha value is -1.76. The first-order valence-electron chi connectivity index (χ1n) is 8.26. The monoisotopic (exact) mass is 356 g/mol. The smallest absolute Gasteiger partial charge is 0.217 e. The number of nitrogens with one attached hydrogen (secondary N) is 1. The Balaban J connectivity index is 1.52. The maximum atomic E-state index is 5.45. The number of H-pyrrole nitrogens is 1. The average Bonchev–Trinajstić information content (AvgIpc) is 3.21. The van der Waals surface area contributed by atoms with Gasteiger partial charge in [-0.1, -0.05) is 31.2 Å². The maximum Gasteiger partial charge on any atom is 0.217 e. The minimum absolute atomic E-state index is 0.612. The minimum atomic E-state index is 0.612. The topological polar surface area (TPSA) is 36.9 Å². The van der Waals surface area contributed by atoms with Gasteiger partial charge in [-0.2, -0.15) is 4.98 Å². The van der Waals surface area contributed by atoms with Crippen molar-refractivity contribution in [3.63, 3.8) is 0 Å². The second-order valence-corrected chi connectivity index (χ2v) is 7.51. The van der Waals surface area contributed by atoms with Gasteiger partial charge in [-0.3, -0.25) is 10.00 Å². The van der Waals surface area contributed by atoms with Crippen LogP contribution in [-0.2, 0) is 26.1 Å². The number of hydrogen-bond acceptors (Lipinski definition) is 4. The maximum absolute atomic E-state index is 5.45. The lowest BCUT2D eigenvalue weighted by atomic mass is 10.1. The van der Waals surface area contributed by atoms with Gasteiger partial charge in [-0.05, 0) is 47.6 Å². The van der Waals surface area contributed by atoms with Gasteiger partial charge in [0.2, 0.25) is 4.77 Å². The summed E-state index contributed by atoms with van der Waals surface area (Å²) in [6.07, 6.45) is 2.17. The molecular weight excluding hydrogens is 336 g/mol. The Morgan fingerprint density at radius 3 is 2.88 bits per heavy atom. The summed E-state index contributed by atoms with van der Waals surface area (Å²) in [6.45, 7) is 4.97. The Morgan fingerprint density at radius 2 is 2.08 bits per heavy atom. The molecule has 2 aromatic heterocycles. The van der Waals surface area contributed by atoms with E-state index in [0.717, 1.165) is 44.0 Å². The van der Waals surface area contributed by atoms with Gasteiger partial charge in [-0.25, -0.2) is 4.68 Å². The lowest BCUT2D eigenvalue weighted by Gasteiger charge is -2.26. The van der Waals surface area contributed by atoms with Crippen LogP contribution in [0.25, 0.3) is 11.4 Å². The first kappa shape index (κ1) is 15.7. The highest BCUT2D eigenvalue weighted by Crippen LogP contribution is 2.24. The van der Waals surface area contributed by atoms with E-state index in [9.17, 15) is 0 Å². The second-order valence-electron chi connectivity index (χ2n) is 6.15. The first-order chi connectivity index (χ1) is 11.7. The highest BCUT2D eigenvalue weighted by atomic mass is 32.1. The van der Waals surface area contributed by atoms with Crippen molar-refractivity contribution < 1.29 is 0 Å². The number of aromatic nitrogens is 3. The summed E-state index contributed by atoms with van der Waals surface area (Å²) in [7, 11) is 0. The number of thiophene rings is 1. The van der Waals surface area contributed by atoms with Gasteiger partial charge in [-0.15, -0.1) is 11.3 Å². The number of fused-ring (bicyclic) bond motifs is 1. The fourth-order valence-electron chi connectivity index (χ4n) is 3.11. The van der Waals surface area contributed by atoms with Crippen molar-refractivity contribution in [1.29, 1.82) is 0 Å². The summed E-state index contributed by atoms with van der Waals surface area (Å²) in [4.78, 5) is 8.47. The number of rotatable bonds is 4. The van der Waals surface area contributed by atoms with Gasteiger partial charge in [0.05, 0.1) is 6.67 Å². The molecule has 1 aliphatic rings. The van der Waals surface area contributed by atoms with Crippen LogP contribution in [0.15, 0.2) is 35.7 Å². The standard InChI is InChI=1S/C18H20N4S2/c1-2-13-3-5-14(6-4-13)17-19-18(23)22(20-17)12-21-9-7-16-15(11-21)8-10-24-16/h3-6,8,10H,2,7,9,11-12H2,1H3,(H,19,20,23). The van der Waals surface area contributed by atoms with E-state index in [1.165, 1.54) is 16.0 Å². The molecule has 0 atom stereocenters. The van der Waals surface area contributed by atoms with Crippen LogP contribution >= 0.6 is 23.6 Å². The van der Waals surface area contributed by atoms with E-state index < -0.39 is 0 Å². The van der Waals surface area contributed by atoms with Crippen molar-refractivity contribution >= 4 is 23.6 Å². The molecule has 4 nitrogen and oxygen atoms in total. The lowest BCUT2D eigenvalue weighted by molar-refractivity contribution is 0.190. The van der Waals surface area contributed by atoms with E-state index in [-0.39, 0.29) is 0 Å². The summed E-state index contributed by atoms with van der Waals surface area (Å²) in [5.41, 5.74) is 3.86. The molecule has 3 aromatic rings. The zero-order valence-corrected chi connectivity index (χ0v) is 15.3. The molecule has 0 amide bonds. The van der Waals surface area contributed by atoms with Crippen molar-refractivity contribution in [3.8, 4) is 11.4 Å². The van der Waals surface area contributed by atoms with Crippen LogP contribution in [0.3, 0.4) is 0 Å². The second kappa shape index (κ2) is 6.63. The van der Waals surface area contributed by atoms with E-state index in [0.29, 0.717) is 4.77 Å². The number of hydrogen-bond donors (Lipinski definition) is 1. The SMILES string of the molecule is CCc1ccc(-c2nc(=S)n(CN3CCc4sccc4C3)[nH]2)cc1. The predicted octanol–water partition coefficient (Wildman–Crippen LogP) is 4.25. The summed E-state index contributed by atoms with van der Waals surface area (Å²) in [5, 5.41) is 5.55. The van der Waals surface area contributed by atoms with E-state index >= 15 is 0 Å². The zero-order chi connectivity index (χ0) is 16.5. The van der Waals surface area contributed by atoms with Crippen molar-refractivity contribution in [2.24, 2.45) is 0 Å². The average molecular weight is 357 g/mol. The van der Waals surface area contributed by atoms with E-state index in [2.05, 4.69) is 57.6 Å². The van der Waals surface area contributed by atoms with Crippen LogP contribution in [0.5, 0.6) is 0 Å². The summed E-state index contributed by atoms with van der Waals surface area (Å²) in [6, 6.07) is 10.7. The minimum Gasteiger partial charge on any atom is -0.280 e. The zero-order valence-electron chi connectivity index (χ0n) is 13.7. The van der Waals surface area contributed by atoms with Gasteiger partial charge in [0, 0.05) is 23.5 Å². The van der Waals surface area contributed by atoms with Crippen LogP contribution in [0.4, 0.5) is 0 Å². The number of aryl methyl sites for hydroxylation is 1. The molecule has 0 saturated carbocycles. The van der Waals surface area contributed by atoms with Crippen molar-refractivity contribution in [1.82, 2.24) is 19.7 Å². The Labute approximate surface area is 150 Å². The Bertz CT molecular complexity index is 888. The van der Waals surface area contributed by atoms with Gasteiger partial charge in [0.1, 0.15) is 0 Å². The third-order valence-corrected chi connectivity index (χ3v) is 5.88. The molecule has 4 rings (SSSR count). The third-order valence-electron chi connectivity index (χ3n) is 4.54. The molecule has 0 aliphatic carbocycles. The number of benzene rings is 1. The molecule has 6 heteroatoms. The van der Waals surface area contributed by atoms with Crippen molar-refractivity contribution in [2.45, 2.75) is 33.0 Å². The van der Waals surface area contributed by atoms with Crippen LogP contribution in [0.2, 0.25) is 0 Å². The molecule has 3 heterocycles. The van der Waals surface area contributed by atoms with Crippen LogP contribution in [-0.4, -0.2) is 26.2 Å². The molecule has 1 aliphatic heterocycles. The summed E-state index contributed by atoms with van der Waals surface area (Å²) < 4.78 is 2.58. The molecule has 0 saturated heterocycles. The van der Waals surface area contributed by atoms with E-state index in [1.807, 2.05) is 16.0 Å². The molecule has 0 bridgehead atoms. The molecule has 0 unspecified atom stereocenters. The first-order valence-corrected chi connectivity index (χ1v) is 9.55. The highest BCUT2D eigenvalue weighted by Gasteiger charge is 2.18. The lowest BCUT2D eigenvalue weighted by Crippen LogP contribution is -2.32. The molecule has 24 heavy (non-hydrogen) atoms. The fourth-order valence-corrected chi connectivity index (χ4v) is 4.19. The molecule has 0 spiro atoms. The quantitative estimate of drug-likeness (QED) is 0.710. The van der Waals surface area contributed by atoms with Crippen LogP contribution < -0.4 is 0 Å². The van der Waals surface area contributed by atoms with Gasteiger partial charge in [0.25, 0.3) is 0 Å². The van der Waals surface area contributed by atoms with Crippen molar-refractivity contribution in [3.05, 3.63) is 56.5 Å². The molecule has 0 radical (unpaired) electrons. The molecule has 124 valence electrons. The van der Waals surface area contributed by atoms with Crippen LogP contribution in [0, 0.1) is 4.77 Å². The molecular formula is C18H20N4S2. The molecule has 1 aromatic carbocycles. The highest BCUT2D eigenvalue weighted by molar-refractivity contribution is 7.71. The van der Waals surface area contributed by atoms with Crippen LogP contribution in [0.1, 0.15) is 22.9 Å². The van der Waals surface area contributed by atoms with Gasteiger partial charge < -0.3 is 0 Å². The van der Waals surface area contributed by atoms with Crippen molar-refractivity contribution in [2.75, 3.05) is 6.54 Å². The van der Waals surface area contributed by atoms with Gasteiger partial charge >= 0.3 is 0 Å². The molecule has 1 N–H and O–H groups in total. The van der Waals surface area contributed by atoms with Gasteiger partial charge in [0.15, 0.2) is 5.82 Å². The Morgan fingerprint density at radius 1 is 1.25 bits per heavy atom. The normalized spacial score (nSPS) is 14.7. The summed E-state index contributed by atoms with van der Waals surface area (Å²) >= 11 is 7.31. The van der Waals surface area contributed by atoms with E-state index in [4.69, 9.17) is 12.2 Å².